The Hall–Kier alpha value is -2.47. The lowest BCUT2D eigenvalue weighted by molar-refractivity contribution is -0.135. The Morgan fingerprint density at radius 3 is 2.64 bits per heavy atom. The van der Waals surface area contributed by atoms with Gasteiger partial charge < -0.3 is 14.8 Å². The van der Waals surface area contributed by atoms with Crippen LogP contribution in [0.1, 0.15) is 79.4 Å². The van der Waals surface area contributed by atoms with Crippen molar-refractivity contribution in [2.45, 2.75) is 69.7 Å². The minimum absolute atomic E-state index is 0.00522. The number of carbonyl (C=O) groups excluding carboxylic acids is 1. The number of aromatic amines is 1. The fourth-order valence-electron chi connectivity index (χ4n) is 6.11. The average Bonchev–Trinajstić information content (AvgIpc) is 2.86. The van der Waals surface area contributed by atoms with E-state index in [-0.39, 0.29) is 23.3 Å². The third-order valence-corrected chi connectivity index (χ3v) is 7.94. The molecule has 0 bridgehead atoms. The SMILES string of the molecule is CN1CCc2nc(C3CCCN(C(=O)C(c4ccccc4)C4CCCCC4)C3)[nH]c(=O)c2C1. The summed E-state index contributed by atoms with van der Waals surface area (Å²) in [6.45, 7) is 3.04. The van der Waals surface area contributed by atoms with Crippen molar-refractivity contribution < 1.29 is 4.79 Å². The number of hydrogen-bond donors (Lipinski definition) is 1. The van der Waals surface area contributed by atoms with Crippen LogP contribution in [0, 0.1) is 5.92 Å². The molecule has 1 saturated heterocycles. The number of aromatic nitrogens is 2. The second-order valence-electron chi connectivity index (χ2n) is 10.3. The number of benzene rings is 1. The highest BCUT2D eigenvalue weighted by Gasteiger charge is 2.36. The Labute approximate surface area is 196 Å². The van der Waals surface area contributed by atoms with Gasteiger partial charge in [0.1, 0.15) is 5.82 Å². The van der Waals surface area contributed by atoms with Gasteiger partial charge in [0, 0.05) is 38.5 Å². The molecule has 0 radical (unpaired) electrons. The smallest absolute Gasteiger partial charge is 0.255 e. The number of amides is 1. The Morgan fingerprint density at radius 2 is 1.85 bits per heavy atom. The van der Waals surface area contributed by atoms with Gasteiger partial charge in [0.25, 0.3) is 5.56 Å². The molecule has 2 fully saturated rings. The molecule has 6 nitrogen and oxygen atoms in total. The fraction of sp³-hybridized carbons (Fsp3) is 0.593. The lowest BCUT2D eigenvalue weighted by Crippen LogP contribution is -2.44. The molecule has 2 unspecified atom stereocenters. The average molecular weight is 449 g/mol. The van der Waals surface area contributed by atoms with E-state index in [1.54, 1.807) is 0 Å². The zero-order valence-corrected chi connectivity index (χ0v) is 19.8. The second kappa shape index (κ2) is 9.80. The van der Waals surface area contributed by atoms with Gasteiger partial charge in [0.2, 0.25) is 5.91 Å². The monoisotopic (exact) mass is 448 g/mol. The maximum atomic E-state index is 13.9. The summed E-state index contributed by atoms with van der Waals surface area (Å²) in [4.78, 5) is 38.9. The summed E-state index contributed by atoms with van der Waals surface area (Å²) in [6, 6.07) is 10.4. The number of fused-ring (bicyclic) bond motifs is 1. The van der Waals surface area contributed by atoms with Gasteiger partial charge in [-0.1, -0.05) is 49.6 Å². The summed E-state index contributed by atoms with van der Waals surface area (Å²) in [5.74, 6) is 1.50. The molecular formula is C27H36N4O2. The van der Waals surface area contributed by atoms with E-state index < -0.39 is 0 Å². The lowest BCUT2D eigenvalue weighted by Gasteiger charge is -2.38. The molecule has 1 N–H and O–H groups in total. The van der Waals surface area contributed by atoms with Crippen LogP contribution in [0.25, 0.3) is 0 Å². The molecule has 5 rings (SSSR count). The van der Waals surface area contributed by atoms with Gasteiger partial charge in [-0.15, -0.1) is 0 Å². The summed E-state index contributed by atoms with van der Waals surface area (Å²) >= 11 is 0. The summed E-state index contributed by atoms with van der Waals surface area (Å²) in [6.07, 6.45) is 8.73. The van der Waals surface area contributed by atoms with Crippen molar-refractivity contribution in [2.75, 3.05) is 26.7 Å². The van der Waals surface area contributed by atoms with Crippen molar-refractivity contribution in [3.8, 4) is 0 Å². The summed E-state index contributed by atoms with van der Waals surface area (Å²) in [5.41, 5.74) is 2.90. The summed E-state index contributed by atoms with van der Waals surface area (Å²) in [5, 5.41) is 0. The molecule has 1 aromatic carbocycles. The van der Waals surface area contributed by atoms with Crippen LogP contribution in [0.2, 0.25) is 0 Å². The van der Waals surface area contributed by atoms with Gasteiger partial charge >= 0.3 is 0 Å². The highest BCUT2D eigenvalue weighted by atomic mass is 16.2. The number of carbonyl (C=O) groups is 1. The zero-order valence-electron chi connectivity index (χ0n) is 19.8. The number of likely N-dealkylation sites (tertiary alicyclic amines) is 1. The first-order valence-corrected chi connectivity index (χ1v) is 12.7. The van der Waals surface area contributed by atoms with Gasteiger partial charge in [0.15, 0.2) is 0 Å². The van der Waals surface area contributed by atoms with Gasteiger partial charge in [-0.3, -0.25) is 9.59 Å². The Morgan fingerprint density at radius 1 is 1.06 bits per heavy atom. The molecule has 6 heteroatoms. The predicted octanol–water partition coefficient (Wildman–Crippen LogP) is 3.83. The van der Waals surface area contributed by atoms with Crippen molar-refractivity contribution in [2.24, 2.45) is 5.92 Å². The van der Waals surface area contributed by atoms with Crippen molar-refractivity contribution in [3.05, 3.63) is 63.3 Å². The van der Waals surface area contributed by atoms with E-state index in [2.05, 4.69) is 39.0 Å². The van der Waals surface area contributed by atoms with E-state index >= 15 is 0 Å². The van der Waals surface area contributed by atoms with Crippen LogP contribution in [0.5, 0.6) is 0 Å². The van der Waals surface area contributed by atoms with Crippen molar-refractivity contribution >= 4 is 5.91 Å². The van der Waals surface area contributed by atoms with Gasteiger partial charge in [0.05, 0.1) is 17.2 Å². The number of nitrogens with zero attached hydrogens (tertiary/aromatic N) is 3. The predicted molar refractivity (Wildman–Crippen MR) is 129 cm³/mol. The minimum atomic E-state index is -0.0590. The Balaban J connectivity index is 1.38. The van der Waals surface area contributed by atoms with E-state index in [0.717, 1.165) is 67.8 Å². The van der Waals surface area contributed by atoms with E-state index in [0.29, 0.717) is 19.0 Å². The number of likely N-dealkylation sites (N-methyl/N-ethyl adjacent to an activating group) is 1. The Bertz CT molecular complexity index is 1030. The number of hydrogen-bond acceptors (Lipinski definition) is 4. The van der Waals surface area contributed by atoms with E-state index in [9.17, 15) is 9.59 Å². The summed E-state index contributed by atoms with van der Waals surface area (Å²) in [7, 11) is 2.04. The van der Waals surface area contributed by atoms with Crippen LogP contribution >= 0.6 is 0 Å². The number of H-pyrrole nitrogens is 1. The quantitative estimate of drug-likeness (QED) is 0.772. The van der Waals surface area contributed by atoms with Crippen molar-refractivity contribution in [1.82, 2.24) is 19.8 Å². The first-order chi connectivity index (χ1) is 16.1. The van der Waals surface area contributed by atoms with Gasteiger partial charge in [-0.2, -0.15) is 0 Å². The topological polar surface area (TPSA) is 69.3 Å². The molecule has 1 aromatic heterocycles. The lowest BCUT2D eigenvalue weighted by atomic mass is 9.76. The molecule has 1 saturated carbocycles. The van der Waals surface area contributed by atoms with E-state index in [4.69, 9.17) is 4.98 Å². The van der Waals surface area contributed by atoms with Crippen LogP contribution in [-0.4, -0.2) is 52.4 Å². The molecule has 2 aliphatic heterocycles. The highest BCUT2D eigenvalue weighted by Crippen LogP contribution is 2.38. The van der Waals surface area contributed by atoms with Crippen molar-refractivity contribution in [1.29, 1.82) is 0 Å². The van der Waals surface area contributed by atoms with Crippen LogP contribution < -0.4 is 5.56 Å². The number of piperidine rings is 1. The largest absolute Gasteiger partial charge is 0.341 e. The van der Waals surface area contributed by atoms with E-state index in [1.807, 2.05) is 13.1 Å². The minimum Gasteiger partial charge on any atom is -0.341 e. The molecule has 176 valence electrons. The Kier molecular flexibility index (Phi) is 6.63. The number of nitrogens with one attached hydrogen (secondary N) is 1. The molecule has 1 amide bonds. The molecule has 1 aliphatic carbocycles. The van der Waals surface area contributed by atoms with Crippen LogP contribution in [0.4, 0.5) is 0 Å². The standard InChI is InChI=1S/C27H36N4O2/c1-30-16-14-23-22(18-30)26(32)29-25(28-23)21-13-8-15-31(17-21)27(33)24(19-9-4-2-5-10-19)20-11-6-3-7-12-20/h2,4-5,9-10,20-21,24H,3,6-8,11-18H2,1H3,(H,28,29,32). The molecule has 2 aromatic rings. The molecule has 3 heterocycles. The van der Waals surface area contributed by atoms with Crippen LogP contribution in [0.15, 0.2) is 35.1 Å². The fourth-order valence-corrected chi connectivity index (χ4v) is 6.11. The first kappa shape index (κ1) is 22.3. The van der Waals surface area contributed by atoms with Crippen molar-refractivity contribution in [3.63, 3.8) is 0 Å². The van der Waals surface area contributed by atoms with Gasteiger partial charge in [-0.25, -0.2) is 4.98 Å². The summed E-state index contributed by atoms with van der Waals surface area (Å²) < 4.78 is 0. The van der Waals surface area contributed by atoms with Gasteiger partial charge in [-0.05, 0) is 44.2 Å². The number of rotatable bonds is 4. The third kappa shape index (κ3) is 4.77. The normalized spacial score (nSPS) is 23.2. The molecular weight excluding hydrogens is 412 g/mol. The maximum absolute atomic E-state index is 13.9. The molecule has 2 atom stereocenters. The third-order valence-electron chi connectivity index (χ3n) is 7.94. The second-order valence-corrected chi connectivity index (χ2v) is 10.3. The molecule has 0 spiro atoms. The van der Waals surface area contributed by atoms with Crippen LogP contribution in [-0.2, 0) is 17.8 Å². The molecule has 33 heavy (non-hydrogen) atoms. The molecule has 3 aliphatic rings. The van der Waals surface area contributed by atoms with Crippen LogP contribution in [0.3, 0.4) is 0 Å². The first-order valence-electron chi connectivity index (χ1n) is 12.7. The maximum Gasteiger partial charge on any atom is 0.255 e. The van der Waals surface area contributed by atoms with E-state index in [1.165, 1.54) is 19.3 Å². The zero-order chi connectivity index (χ0) is 22.8. The highest BCUT2D eigenvalue weighted by molar-refractivity contribution is 5.84.